The highest BCUT2D eigenvalue weighted by molar-refractivity contribution is 7.11. The van der Waals surface area contributed by atoms with Crippen molar-refractivity contribution in [3.8, 4) is 16.9 Å². The molecule has 1 aliphatic rings. The summed E-state index contributed by atoms with van der Waals surface area (Å²) < 4.78 is 19.0. The van der Waals surface area contributed by atoms with Crippen LogP contribution in [0.4, 0.5) is 4.39 Å². The molecule has 3 nitrogen and oxygen atoms in total. The summed E-state index contributed by atoms with van der Waals surface area (Å²) in [7, 11) is 0. The Morgan fingerprint density at radius 3 is 2.74 bits per heavy atom. The lowest BCUT2D eigenvalue weighted by Gasteiger charge is -2.21. The van der Waals surface area contributed by atoms with Crippen molar-refractivity contribution in [3.05, 3.63) is 57.3 Å². The van der Waals surface area contributed by atoms with Gasteiger partial charge < -0.3 is 9.84 Å². The predicted octanol–water partition coefficient (Wildman–Crippen LogP) is 7.42. The molecule has 1 aromatic carbocycles. The lowest BCUT2D eigenvalue weighted by atomic mass is 9.89. The molecule has 0 spiro atoms. The predicted molar refractivity (Wildman–Crippen MR) is 127 cm³/mol. The first kappa shape index (κ1) is 23.3. The number of alkyl halides is 1. The first-order chi connectivity index (χ1) is 15.0. The number of benzene rings is 1. The molecule has 1 aliphatic carbocycles. The van der Waals surface area contributed by atoms with Gasteiger partial charge in [-0.2, -0.15) is 0 Å². The van der Waals surface area contributed by atoms with Crippen LogP contribution in [0.5, 0.6) is 5.75 Å². The molecular formula is C26H31FO3S. The van der Waals surface area contributed by atoms with Crippen LogP contribution in [0.1, 0.15) is 67.9 Å². The maximum atomic E-state index is 12.8. The third kappa shape index (κ3) is 6.07. The van der Waals surface area contributed by atoms with Gasteiger partial charge in [0.2, 0.25) is 0 Å². The maximum Gasteiger partial charge on any atom is 0.328 e. The normalized spacial score (nSPS) is 15.1. The molecule has 0 amide bonds. The molecule has 1 N–H and O–H groups in total. The Bertz CT molecular complexity index is 952. The second kappa shape index (κ2) is 11.3. The summed E-state index contributed by atoms with van der Waals surface area (Å²) in [4.78, 5) is 12.0. The molecule has 1 fully saturated rings. The van der Waals surface area contributed by atoms with E-state index in [1.165, 1.54) is 42.9 Å². The van der Waals surface area contributed by atoms with Crippen molar-refractivity contribution >= 4 is 23.4 Å². The van der Waals surface area contributed by atoms with E-state index < -0.39 is 5.97 Å². The molecule has 31 heavy (non-hydrogen) atoms. The fourth-order valence-corrected chi connectivity index (χ4v) is 4.97. The van der Waals surface area contributed by atoms with Gasteiger partial charge in [-0.1, -0.05) is 31.9 Å². The molecule has 0 radical (unpaired) electrons. The van der Waals surface area contributed by atoms with Crippen molar-refractivity contribution in [2.24, 2.45) is 0 Å². The average Bonchev–Trinajstić information content (AvgIpc) is 3.44. The van der Waals surface area contributed by atoms with Crippen LogP contribution in [0.25, 0.3) is 17.2 Å². The zero-order valence-corrected chi connectivity index (χ0v) is 19.1. The average molecular weight is 443 g/mol. The van der Waals surface area contributed by atoms with Crippen LogP contribution < -0.4 is 4.74 Å². The van der Waals surface area contributed by atoms with Gasteiger partial charge in [-0.25, -0.2) is 4.79 Å². The molecule has 2 aromatic rings. The summed E-state index contributed by atoms with van der Waals surface area (Å²) in [5, 5.41) is 11.0. The molecule has 1 heterocycles. The molecule has 0 atom stereocenters. The van der Waals surface area contributed by atoms with Gasteiger partial charge in [0.05, 0.1) is 13.3 Å². The summed E-state index contributed by atoms with van der Waals surface area (Å²) in [6, 6.07) is 6.57. The highest BCUT2D eigenvalue weighted by Crippen LogP contribution is 2.45. The second-order valence-corrected chi connectivity index (χ2v) is 8.99. The third-order valence-electron chi connectivity index (χ3n) is 5.74. The number of carboxylic acid groups (broad SMARTS) is 1. The summed E-state index contributed by atoms with van der Waals surface area (Å²) in [5.41, 5.74) is 5.35. The van der Waals surface area contributed by atoms with Crippen LogP contribution in [0.3, 0.4) is 0 Å². The van der Waals surface area contributed by atoms with Gasteiger partial charge in [-0.05, 0) is 72.4 Å². The number of thiophene rings is 1. The van der Waals surface area contributed by atoms with E-state index in [0.29, 0.717) is 24.5 Å². The number of carboxylic acids is 1. The van der Waals surface area contributed by atoms with E-state index in [9.17, 15) is 9.18 Å². The van der Waals surface area contributed by atoms with Crippen LogP contribution in [-0.4, -0.2) is 24.4 Å². The van der Waals surface area contributed by atoms with Gasteiger partial charge >= 0.3 is 5.97 Å². The number of hydrogen-bond donors (Lipinski definition) is 1. The molecular weight excluding hydrogens is 411 g/mol. The molecule has 1 aromatic heterocycles. The van der Waals surface area contributed by atoms with E-state index in [-0.39, 0.29) is 6.67 Å². The summed E-state index contributed by atoms with van der Waals surface area (Å²) in [5.74, 6) is 0.432. The van der Waals surface area contributed by atoms with Gasteiger partial charge in [0.1, 0.15) is 5.75 Å². The summed E-state index contributed by atoms with van der Waals surface area (Å²) >= 11 is 1.62. The highest BCUT2D eigenvalue weighted by Gasteiger charge is 2.25. The fraction of sp³-hybridized carbons (Fsp3) is 0.423. The van der Waals surface area contributed by atoms with Gasteiger partial charge in [0, 0.05) is 28.5 Å². The molecule has 5 heteroatoms. The monoisotopic (exact) mass is 442 g/mol. The highest BCUT2D eigenvalue weighted by atomic mass is 32.1. The number of aliphatic carboxylic acids is 1. The molecule has 0 unspecified atom stereocenters. The second-order valence-electron chi connectivity index (χ2n) is 8.05. The Hall–Kier alpha value is -2.40. The minimum absolute atomic E-state index is 0.366. The van der Waals surface area contributed by atoms with Gasteiger partial charge in [-0.15, -0.1) is 11.3 Å². The number of aryl methyl sites for hydroxylation is 1. The van der Waals surface area contributed by atoms with Gasteiger partial charge in [-0.3, -0.25) is 4.39 Å². The Morgan fingerprint density at radius 1 is 1.29 bits per heavy atom. The molecule has 0 bridgehead atoms. The number of halogens is 1. The molecule has 0 saturated heterocycles. The lowest BCUT2D eigenvalue weighted by molar-refractivity contribution is -0.131. The van der Waals surface area contributed by atoms with E-state index >= 15 is 0 Å². The SMILES string of the molecule is CCc1cc(-c2ccsc2/C=C/C(C)=C/C(=O)O)c(OCCCF)c(C2CCCC2)c1. The first-order valence-electron chi connectivity index (χ1n) is 11.1. The number of ether oxygens (including phenoxy) is 1. The standard InChI is InChI=1S/C26H31FO3S/c1-3-19-16-22(20-7-4-5-8-20)26(30-13-6-12-27)23(17-19)21-11-14-31-24(21)10-9-18(2)15-25(28)29/h9-11,14-17,20H,3-8,12-13H2,1-2H3,(H,28,29)/b10-9+,18-15+. The van der Waals surface area contributed by atoms with E-state index in [0.717, 1.165) is 28.2 Å². The topological polar surface area (TPSA) is 46.5 Å². The summed E-state index contributed by atoms with van der Waals surface area (Å²) in [6.45, 7) is 3.92. The molecule has 3 rings (SSSR count). The Labute approximate surface area is 188 Å². The van der Waals surface area contributed by atoms with Crippen molar-refractivity contribution in [1.29, 1.82) is 0 Å². The van der Waals surface area contributed by atoms with Crippen LogP contribution >= 0.6 is 11.3 Å². The van der Waals surface area contributed by atoms with Crippen molar-refractivity contribution in [2.75, 3.05) is 13.3 Å². The number of allylic oxidation sites excluding steroid dienone is 2. The van der Waals surface area contributed by atoms with Gasteiger partial charge in [0.15, 0.2) is 0 Å². The molecule has 166 valence electrons. The van der Waals surface area contributed by atoms with Crippen molar-refractivity contribution in [3.63, 3.8) is 0 Å². The van der Waals surface area contributed by atoms with E-state index in [1.807, 2.05) is 17.5 Å². The third-order valence-corrected chi connectivity index (χ3v) is 6.62. The minimum Gasteiger partial charge on any atom is -0.493 e. The van der Waals surface area contributed by atoms with Crippen LogP contribution in [0.2, 0.25) is 0 Å². The van der Waals surface area contributed by atoms with Crippen LogP contribution in [-0.2, 0) is 11.2 Å². The Balaban J connectivity index is 2.07. The van der Waals surface area contributed by atoms with Crippen LogP contribution in [0.15, 0.2) is 41.3 Å². The maximum absolute atomic E-state index is 12.8. The van der Waals surface area contributed by atoms with E-state index in [4.69, 9.17) is 9.84 Å². The quantitative estimate of drug-likeness (QED) is 0.237. The minimum atomic E-state index is -0.950. The number of rotatable bonds is 10. The largest absolute Gasteiger partial charge is 0.493 e. The first-order valence-corrected chi connectivity index (χ1v) is 11.9. The zero-order valence-electron chi connectivity index (χ0n) is 18.3. The van der Waals surface area contributed by atoms with Crippen molar-refractivity contribution in [2.45, 2.75) is 58.3 Å². The summed E-state index contributed by atoms with van der Waals surface area (Å²) in [6.07, 6.45) is 11.1. The zero-order chi connectivity index (χ0) is 22.2. The van der Waals surface area contributed by atoms with Crippen molar-refractivity contribution < 1.29 is 19.0 Å². The van der Waals surface area contributed by atoms with E-state index in [1.54, 1.807) is 18.3 Å². The fourth-order valence-electron chi connectivity index (χ4n) is 4.17. The number of carbonyl (C=O) groups is 1. The van der Waals surface area contributed by atoms with E-state index in [2.05, 4.69) is 25.1 Å². The molecule has 1 saturated carbocycles. The van der Waals surface area contributed by atoms with Gasteiger partial charge in [0.25, 0.3) is 0 Å². The lowest BCUT2D eigenvalue weighted by Crippen LogP contribution is -2.06. The Morgan fingerprint density at radius 2 is 2.06 bits per heavy atom. The van der Waals surface area contributed by atoms with Crippen molar-refractivity contribution in [1.82, 2.24) is 0 Å². The Kier molecular flexibility index (Phi) is 8.47. The number of hydrogen-bond acceptors (Lipinski definition) is 3. The smallest absolute Gasteiger partial charge is 0.328 e. The van der Waals surface area contributed by atoms with Crippen LogP contribution in [0, 0.1) is 0 Å². The molecule has 0 aliphatic heterocycles.